The maximum Gasteiger partial charge on any atom is 0.260 e. The second-order valence-corrected chi connectivity index (χ2v) is 7.75. The van der Waals surface area contributed by atoms with Crippen LogP contribution in [0.5, 0.6) is 11.5 Å². The normalized spacial score (nSPS) is 13.7. The molecule has 1 aliphatic rings. The number of amides is 1. The van der Waals surface area contributed by atoms with Crippen molar-refractivity contribution in [3.05, 3.63) is 51.5 Å². The van der Waals surface area contributed by atoms with Crippen molar-refractivity contribution in [3.63, 3.8) is 0 Å². The summed E-state index contributed by atoms with van der Waals surface area (Å²) in [4.78, 5) is 16.6. The van der Waals surface area contributed by atoms with E-state index in [4.69, 9.17) is 26.3 Å². The molecule has 2 aromatic rings. The number of anilines is 1. The van der Waals surface area contributed by atoms with Gasteiger partial charge in [0.2, 0.25) is 0 Å². The van der Waals surface area contributed by atoms with Crippen LogP contribution in [0.1, 0.15) is 12.5 Å². The monoisotopic (exact) mass is 477 g/mol. The zero-order valence-corrected chi connectivity index (χ0v) is 18.4. The Morgan fingerprint density at radius 1 is 1.17 bits per heavy atom. The second kappa shape index (κ2) is 9.86. The van der Waals surface area contributed by atoms with Gasteiger partial charge in [-0.25, -0.2) is 0 Å². The summed E-state index contributed by atoms with van der Waals surface area (Å²) in [7, 11) is 0. The summed E-state index contributed by atoms with van der Waals surface area (Å²) in [5, 5.41) is 9.82. The Hall–Kier alpha value is -2.43. The number of carbonyl (C=O) groups excluding carboxylic acids is 1. The molecule has 3 rings (SSSR count). The summed E-state index contributed by atoms with van der Waals surface area (Å²) in [5.41, 5.74) is 1.55. The van der Waals surface area contributed by atoms with Gasteiger partial charge in [0.25, 0.3) is 5.91 Å². The average molecular weight is 479 g/mol. The van der Waals surface area contributed by atoms with Crippen molar-refractivity contribution in [2.75, 3.05) is 44.3 Å². The van der Waals surface area contributed by atoms with E-state index in [1.807, 2.05) is 31.2 Å². The summed E-state index contributed by atoms with van der Waals surface area (Å²) >= 11 is 9.34. The molecule has 2 aromatic carbocycles. The number of hydrogen-bond donors (Lipinski definition) is 0. The van der Waals surface area contributed by atoms with E-state index in [1.54, 1.807) is 17.0 Å². The van der Waals surface area contributed by atoms with Gasteiger partial charge in [-0.2, -0.15) is 5.26 Å². The molecule has 0 radical (unpaired) electrons. The summed E-state index contributed by atoms with van der Waals surface area (Å²) < 4.78 is 11.9. The van der Waals surface area contributed by atoms with Crippen molar-refractivity contribution in [1.82, 2.24) is 4.90 Å². The fraction of sp³-hybridized carbons (Fsp3) is 0.333. The molecule has 0 spiro atoms. The molecule has 0 aliphatic carbocycles. The molecule has 29 heavy (non-hydrogen) atoms. The first-order chi connectivity index (χ1) is 14.0. The summed E-state index contributed by atoms with van der Waals surface area (Å²) in [6.07, 6.45) is 0. The molecule has 0 atom stereocenters. The molecule has 6 nitrogen and oxygen atoms in total. The van der Waals surface area contributed by atoms with Gasteiger partial charge < -0.3 is 19.3 Å². The molecule has 152 valence electrons. The highest BCUT2D eigenvalue weighted by molar-refractivity contribution is 9.10. The van der Waals surface area contributed by atoms with Gasteiger partial charge in [-0.1, -0.05) is 11.6 Å². The predicted molar refractivity (Wildman–Crippen MR) is 116 cm³/mol. The van der Waals surface area contributed by atoms with E-state index in [1.165, 1.54) is 0 Å². The SMILES string of the molecule is CCOc1cc(C#N)cc(Br)c1OCC(=O)N1CCN(c2ccc(Cl)cc2)CC1. The van der Waals surface area contributed by atoms with Crippen LogP contribution in [-0.4, -0.2) is 50.2 Å². The van der Waals surface area contributed by atoms with Crippen molar-refractivity contribution < 1.29 is 14.3 Å². The molecule has 1 heterocycles. The molecule has 1 amide bonds. The fourth-order valence-corrected chi connectivity index (χ4v) is 3.81. The van der Waals surface area contributed by atoms with Crippen LogP contribution >= 0.6 is 27.5 Å². The third kappa shape index (κ3) is 5.34. The second-order valence-electron chi connectivity index (χ2n) is 6.46. The molecule has 1 fully saturated rings. The van der Waals surface area contributed by atoms with Gasteiger partial charge in [0.1, 0.15) is 0 Å². The van der Waals surface area contributed by atoms with Gasteiger partial charge >= 0.3 is 0 Å². The molecular weight excluding hydrogens is 458 g/mol. The van der Waals surface area contributed by atoms with Crippen molar-refractivity contribution in [3.8, 4) is 17.6 Å². The maximum absolute atomic E-state index is 12.6. The number of halogens is 2. The summed E-state index contributed by atoms with van der Waals surface area (Å²) in [6.45, 7) is 4.93. The maximum atomic E-state index is 12.6. The predicted octanol–water partition coefficient (Wildman–Crippen LogP) is 4.10. The van der Waals surface area contributed by atoms with Crippen LogP contribution in [0.4, 0.5) is 5.69 Å². The molecule has 0 bridgehead atoms. The molecule has 8 heteroatoms. The van der Waals surface area contributed by atoms with Gasteiger partial charge in [0, 0.05) is 43.0 Å². The van der Waals surface area contributed by atoms with E-state index < -0.39 is 0 Å². The third-order valence-corrected chi connectivity index (χ3v) is 5.44. The Morgan fingerprint density at radius 2 is 1.86 bits per heavy atom. The largest absolute Gasteiger partial charge is 0.490 e. The standard InChI is InChI=1S/C21H21BrClN3O3/c1-2-28-19-12-15(13-24)11-18(22)21(19)29-14-20(27)26-9-7-25(8-10-26)17-5-3-16(23)4-6-17/h3-6,11-12H,2,7-10,14H2,1H3. The van der Waals surface area contributed by atoms with Gasteiger partial charge in [-0.15, -0.1) is 0 Å². The van der Waals surface area contributed by atoms with Crippen LogP contribution in [0.2, 0.25) is 5.02 Å². The van der Waals surface area contributed by atoms with E-state index in [2.05, 4.69) is 26.9 Å². The molecule has 1 saturated heterocycles. The minimum Gasteiger partial charge on any atom is -0.490 e. The Balaban J connectivity index is 1.58. The van der Waals surface area contributed by atoms with Gasteiger partial charge in [0.05, 0.1) is 22.7 Å². The lowest BCUT2D eigenvalue weighted by Gasteiger charge is -2.36. The highest BCUT2D eigenvalue weighted by Crippen LogP contribution is 2.36. The first kappa shape index (κ1) is 21.3. The van der Waals surface area contributed by atoms with Crippen LogP contribution in [0.15, 0.2) is 40.9 Å². The van der Waals surface area contributed by atoms with Crippen LogP contribution < -0.4 is 14.4 Å². The summed E-state index contributed by atoms with van der Waals surface area (Å²) in [6, 6.07) is 13.0. The lowest BCUT2D eigenvalue weighted by Crippen LogP contribution is -2.50. The topological polar surface area (TPSA) is 65.8 Å². The van der Waals surface area contributed by atoms with Gasteiger partial charge in [-0.05, 0) is 53.2 Å². The Bertz CT molecular complexity index is 907. The number of rotatable bonds is 6. The van der Waals surface area contributed by atoms with Crippen molar-refractivity contribution in [1.29, 1.82) is 5.26 Å². The number of nitrogens with zero attached hydrogens (tertiary/aromatic N) is 3. The molecule has 1 aliphatic heterocycles. The Morgan fingerprint density at radius 3 is 2.48 bits per heavy atom. The zero-order valence-electron chi connectivity index (χ0n) is 16.0. The number of ether oxygens (including phenoxy) is 2. The minimum atomic E-state index is -0.0917. The Labute approximate surface area is 183 Å². The van der Waals surface area contributed by atoms with Gasteiger partial charge in [-0.3, -0.25) is 4.79 Å². The number of benzene rings is 2. The number of piperazine rings is 1. The van der Waals surface area contributed by atoms with Crippen LogP contribution in [-0.2, 0) is 4.79 Å². The van der Waals surface area contributed by atoms with E-state index >= 15 is 0 Å². The smallest absolute Gasteiger partial charge is 0.260 e. The molecule has 0 saturated carbocycles. The fourth-order valence-electron chi connectivity index (χ4n) is 3.13. The zero-order chi connectivity index (χ0) is 20.8. The van der Waals surface area contributed by atoms with Gasteiger partial charge in [0.15, 0.2) is 18.1 Å². The highest BCUT2D eigenvalue weighted by atomic mass is 79.9. The number of carbonyl (C=O) groups is 1. The van der Waals surface area contributed by atoms with Crippen LogP contribution in [0.3, 0.4) is 0 Å². The van der Waals surface area contributed by atoms with Crippen molar-refractivity contribution >= 4 is 39.1 Å². The lowest BCUT2D eigenvalue weighted by molar-refractivity contribution is -0.133. The molecule has 0 N–H and O–H groups in total. The average Bonchev–Trinajstić information content (AvgIpc) is 2.73. The number of nitriles is 1. The number of hydrogen-bond acceptors (Lipinski definition) is 5. The third-order valence-electron chi connectivity index (χ3n) is 4.60. The molecular formula is C21H21BrClN3O3. The highest BCUT2D eigenvalue weighted by Gasteiger charge is 2.22. The minimum absolute atomic E-state index is 0.0838. The first-order valence-electron chi connectivity index (χ1n) is 9.29. The van der Waals surface area contributed by atoms with Crippen LogP contribution in [0.25, 0.3) is 0 Å². The molecule has 0 aromatic heterocycles. The molecule has 0 unspecified atom stereocenters. The van der Waals surface area contributed by atoms with Crippen molar-refractivity contribution in [2.24, 2.45) is 0 Å². The summed E-state index contributed by atoms with van der Waals surface area (Å²) in [5.74, 6) is 0.789. The van der Waals surface area contributed by atoms with Crippen LogP contribution in [0, 0.1) is 11.3 Å². The van der Waals surface area contributed by atoms with E-state index in [0.29, 0.717) is 46.3 Å². The first-order valence-corrected chi connectivity index (χ1v) is 10.5. The Kier molecular flexibility index (Phi) is 7.24. The van der Waals surface area contributed by atoms with E-state index in [9.17, 15) is 4.79 Å². The van der Waals surface area contributed by atoms with E-state index in [0.717, 1.165) is 18.8 Å². The lowest BCUT2D eigenvalue weighted by atomic mass is 10.2. The van der Waals surface area contributed by atoms with E-state index in [-0.39, 0.29) is 12.5 Å². The van der Waals surface area contributed by atoms with Crippen molar-refractivity contribution in [2.45, 2.75) is 6.92 Å². The quantitative estimate of drug-likeness (QED) is 0.625.